The number of carbonyl (C=O) groups is 4. The molecule has 0 bridgehead atoms. The molecule has 68 heavy (non-hydrogen) atoms. The van der Waals surface area contributed by atoms with Crippen LogP contribution in [0.2, 0.25) is 0 Å². The van der Waals surface area contributed by atoms with E-state index in [-0.39, 0.29) is 49.9 Å². The van der Waals surface area contributed by atoms with Crippen molar-refractivity contribution in [1.82, 2.24) is 29.7 Å². The molecule has 0 aliphatic carbocycles. The quantitative estimate of drug-likeness (QED) is 0.0276. The number of nitrogens with two attached hydrogens (primary N) is 2. The number of aromatic nitrogens is 4. The molecule has 2 amide bonds. The van der Waals surface area contributed by atoms with Crippen LogP contribution >= 0.6 is 21.6 Å². The third-order valence-electron chi connectivity index (χ3n) is 12.0. The molecule has 0 aromatic carbocycles. The van der Waals surface area contributed by atoms with Crippen LogP contribution in [-0.2, 0) is 41.7 Å². The van der Waals surface area contributed by atoms with E-state index in [2.05, 4.69) is 33.8 Å². The summed E-state index contributed by atoms with van der Waals surface area (Å²) >= 11 is 0. The number of unbranched alkanes of at least 4 members (excludes halogenated alkanes) is 20. The summed E-state index contributed by atoms with van der Waals surface area (Å²) < 4.78 is 11.5. The van der Waals surface area contributed by atoms with Gasteiger partial charge in [-0.1, -0.05) is 164 Å². The van der Waals surface area contributed by atoms with Crippen molar-refractivity contribution in [3.63, 3.8) is 0 Å². The number of aryl methyl sites for hydroxylation is 2. The number of rotatable bonds is 41. The number of ether oxygens (including phenoxy) is 2. The van der Waals surface area contributed by atoms with Crippen molar-refractivity contribution in [1.29, 1.82) is 0 Å². The van der Waals surface area contributed by atoms with E-state index < -0.39 is 0 Å². The van der Waals surface area contributed by atoms with Crippen LogP contribution in [0, 0.1) is 13.8 Å². The molecule has 0 atom stereocenters. The lowest BCUT2D eigenvalue weighted by atomic mass is 10.1. The first-order valence-corrected chi connectivity index (χ1v) is 27.7. The molecule has 2 aromatic heterocycles. The van der Waals surface area contributed by atoms with Gasteiger partial charge in [0.15, 0.2) is 0 Å². The first-order chi connectivity index (χ1) is 32.9. The van der Waals surface area contributed by atoms with Crippen molar-refractivity contribution in [2.24, 2.45) is 0 Å². The predicted octanol–water partition coefficient (Wildman–Crippen LogP) is 12.8. The van der Waals surface area contributed by atoms with E-state index in [0.29, 0.717) is 59.9 Å². The fourth-order valence-corrected chi connectivity index (χ4v) is 10.5. The van der Waals surface area contributed by atoms with Crippen LogP contribution in [-0.4, -0.2) is 67.7 Å². The van der Waals surface area contributed by atoms with Crippen molar-refractivity contribution in [2.45, 2.75) is 222 Å². The second-order valence-corrected chi connectivity index (χ2v) is 20.1. The van der Waals surface area contributed by atoms with Crippen LogP contribution < -0.4 is 11.5 Å². The molecule has 0 saturated carbocycles. The Morgan fingerprint density at radius 1 is 0.529 bits per heavy atom. The Balaban J connectivity index is 2.19. The molecular formula is C52H86N8O6S2. The number of hydrogen-bond acceptors (Lipinski definition) is 14. The van der Waals surface area contributed by atoms with E-state index in [1.165, 1.54) is 134 Å². The average Bonchev–Trinajstić information content (AvgIpc) is 3.32. The Labute approximate surface area is 417 Å². The van der Waals surface area contributed by atoms with Gasteiger partial charge in [-0.05, 0) is 40.5 Å². The normalized spacial score (nSPS) is 12.0. The van der Waals surface area contributed by atoms with Crippen LogP contribution in [0.5, 0.6) is 0 Å². The number of carbonyl (C=O) groups excluding carboxylic acids is 4. The van der Waals surface area contributed by atoms with Gasteiger partial charge in [-0.25, -0.2) is 19.9 Å². The molecule has 2 rings (SSSR count). The van der Waals surface area contributed by atoms with Gasteiger partial charge in [-0.2, -0.15) is 0 Å². The maximum Gasteiger partial charge on any atom is 0.305 e. The highest BCUT2D eigenvalue weighted by molar-refractivity contribution is 8.79. The Kier molecular flexibility index (Phi) is 33.2. The van der Waals surface area contributed by atoms with Crippen molar-refractivity contribution in [3.8, 4) is 0 Å². The molecule has 0 aliphatic rings. The van der Waals surface area contributed by atoms with Crippen LogP contribution in [0.3, 0.4) is 0 Å². The van der Waals surface area contributed by atoms with Crippen LogP contribution in [0.1, 0.15) is 217 Å². The molecule has 0 spiro atoms. The van der Waals surface area contributed by atoms with Crippen molar-refractivity contribution < 1.29 is 28.7 Å². The number of amides is 2. The van der Waals surface area contributed by atoms with E-state index in [0.717, 1.165) is 61.2 Å². The lowest BCUT2D eigenvalue weighted by Gasteiger charge is -2.24. The van der Waals surface area contributed by atoms with Gasteiger partial charge < -0.3 is 30.7 Å². The van der Waals surface area contributed by atoms with E-state index in [9.17, 15) is 19.2 Å². The molecule has 2 heterocycles. The maximum atomic E-state index is 12.9. The average molecular weight is 983 g/mol. The first kappa shape index (κ1) is 59.9. The van der Waals surface area contributed by atoms with Gasteiger partial charge in [0.1, 0.15) is 23.3 Å². The largest absolute Gasteiger partial charge is 0.465 e. The van der Waals surface area contributed by atoms with E-state index >= 15 is 0 Å². The highest BCUT2D eigenvalue weighted by atomic mass is 33.1. The number of esters is 2. The number of allylic oxidation sites excluding steroid dienone is 2. The van der Waals surface area contributed by atoms with Gasteiger partial charge in [0.25, 0.3) is 0 Å². The van der Waals surface area contributed by atoms with Crippen molar-refractivity contribution in [3.05, 3.63) is 56.4 Å². The molecule has 0 unspecified atom stereocenters. The fourth-order valence-electron chi connectivity index (χ4n) is 7.62. The number of nitrogens with zero attached hydrogens (tertiary/aromatic N) is 6. The molecule has 0 saturated heterocycles. The van der Waals surface area contributed by atoms with Gasteiger partial charge >= 0.3 is 11.9 Å². The smallest absolute Gasteiger partial charge is 0.305 e. The lowest BCUT2D eigenvalue weighted by molar-refractivity contribution is -0.144. The van der Waals surface area contributed by atoms with E-state index in [1.807, 2.05) is 13.8 Å². The number of nitrogen functional groups attached to an aromatic ring is 2. The topological polar surface area (TPSA) is 197 Å². The zero-order valence-electron chi connectivity index (χ0n) is 42.6. The molecule has 0 fully saturated rings. The zero-order chi connectivity index (χ0) is 49.8. The SMILES string of the molecule is CCCCCCCCCCCCCC(=O)OCC/C(SS/C(CCOC(=O)CCCCCCCCCCCCC)=C(\C)N(C=O)Cc1cnc(C)nc1N)=C(/C)N(C=O)Cc1cnc(C)nc1N. The number of anilines is 2. The minimum absolute atomic E-state index is 0.113. The molecule has 14 nitrogen and oxygen atoms in total. The Hall–Kier alpha value is -4.18. The van der Waals surface area contributed by atoms with E-state index in [4.69, 9.17) is 20.9 Å². The molecule has 382 valence electrons. The van der Waals surface area contributed by atoms with Crippen LogP contribution in [0.25, 0.3) is 0 Å². The molecule has 2 aromatic rings. The minimum atomic E-state index is -0.250. The van der Waals surface area contributed by atoms with Gasteiger partial charge in [-0.15, -0.1) is 0 Å². The van der Waals surface area contributed by atoms with Gasteiger partial charge in [-0.3, -0.25) is 19.2 Å². The maximum absolute atomic E-state index is 12.9. The van der Waals surface area contributed by atoms with E-state index in [1.54, 1.807) is 26.2 Å². The molecule has 0 radical (unpaired) electrons. The summed E-state index contributed by atoms with van der Waals surface area (Å²) in [6, 6.07) is 0. The zero-order valence-corrected chi connectivity index (χ0v) is 44.3. The minimum Gasteiger partial charge on any atom is -0.465 e. The number of hydrogen-bond donors (Lipinski definition) is 2. The summed E-state index contributed by atoms with van der Waals surface area (Å²) in [6.07, 6.45) is 32.4. The highest BCUT2D eigenvalue weighted by Gasteiger charge is 2.20. The molecule has 4 N–H and O–H groups in total. The van der Waals surface area contributed by atoms with Crippen molar-refractivity contribution in [2.75, 3.05) is 24.7 Å². The van der Waals surface area contributed by atoms with Gasteiger partial charge in [0, 0.05) is 70.4 Å². The highest BCUT2D eigenvalue weighted by Crippen LogP contribution is 2.43. The summed E-state index contributed by atoms with van der Waals surface area (Å²) in [4.78, 5) is 72.9. The summed E-state index contributed by atoms with van der Waals surface area (Å²) in [5.41, 5.74) is 14.9. The van der Waals surface area contributed by atoms with Gasteiger partial charge in [0.2, 0.25) is 12.8 Å². The standard InChI is InChI=1S/C52H86N8O6S2/c1-7-9-11-13-15-17-19-21-23-25-27-29-49(63)65-33-31-47(41(3)59(39-61)37-45-35-55-43(5)57-51(45)53)67-68-48(42(4)60(40-62)38-46-36-56-44(6)58-52(46)54)32-34-66-50(64)30-28-26-24-22-20-18-16-14-12-10-8-2/h35-36,39-40H,7-34,37-38H2,1-6H3,(H2,53,55,57)(H2,54,56,58)/b47-41+,48-42+. The second-order valence-electron chi connectivity index (χ2n) is 17.8. The predicted molar refractivity (Wildman–Crippen MR) is 279 cm³/mol. The van der Waals surface area contributed by atoms with Crippen LogP contribution in [0.15, 0.2) is 33.6 Å². The Morgan fingerprint density at radius 2 is 0.838 bits per heavy atom. The Morgan fingerprint density at radius 3 is 1.13 bits per heavy atom. The third kappa shape index (κ3) is 26.5. The molecule has 0 aliphatic heterocycles. The third-order valence-corrected chi connectivity index (χ3v) is 15.0. The summed E-state index contributed by atoms with van der Waals surface area (Å²) in [6.45, 7) is 12.1. The fraction of sp³-hybridized carbons (Fsp3) is 0.692. The Bertz CT molecular complexity index is 1700. The van der Waals surface area contributed by atoms with Crippen LogP contribution in [0.4, 0.5) is 11.6 Å². The molecular weight excluding hydrogens is 897 g/mol. The van der Waals surface area contributed by atoms with Crippen molar-refractivity contribution >= 4 is 58.0 Å². The lowest BCUT2D eigenvalue weighted by Crippen LogP contribution is -2.22. The summed E-state index contributed by atoms with van der Waals surface area (Å²) in [7, 11) is 2.79. The monoisotopic (exact) mass is 983 g/mol. The summed E-state index contributed by atoms with van der Waals surface area (Å²) in [5.74, 6) is 1.11. The second kappa shape index (κ2) is 37.7. The van der Waals surface area contributed by atoms with Gasteiger partial charge in [0.05, 0.1) is 26.3 Å². The summed E-state index contributed by atoms with van der Waals surface area (Å²) in [5, 5.41) is 0. The first-order valence-electron chi connectivity index (χ1n) is 25.6. The molecule has 16 heteroatoms.